The van der Waals surface area contributed by atoms with Gasteiger partial charge in [0.05, 0.1) is 10.9 Å². The lowest BCUT2D eigenvalue weighted by Gasteiger charge is -2.25. The van der Waals surface area contributed by atoms with Gasteiger partial charge in [0.25, 0.3) is 15.9 Å². The Morgan fingerprint density at radius 2 is 1.65 bits per heavy atom. The van der Waals surface area contributed by atoms with E-state index in [2.05, 4.69) is 10.0 Å². The lowest BCUT2D eigenvalue weighted by molar-refractivity contribution is 0.0941. The van der Waals surface area contributed by atoms with Gasteiger partial charge in [-0.1, -0.05) is 48.5 Å². The van der Waals surface area contributed by atoms with Gasteiger partial charge in [-0.3, -0.25) is 9.52 Å². The van der Waals surface area contributed by atoms with E-state index in [0.29, 0.717) is 12.2 Å². The number of aryl methyl sites for hydroxylation is 1. The summed E-state index contributed by atoms with van der Waals surface area (Å²) in [5, 5.41) is 2.92. The fourth-order valence-electron chi connectivity index (χ4n) is 3.29. The lowest BCUT2D eigenvalue weighted by Crippen LogP contribution is -2.34. The van der Waals surface area contributed by atoms with Gasteiger partial charge in [-0.15, -0.1) is 0 Å². The molecule has 0 spiro atoms. The molecule has 0 saturated carbocycles. The molecule has 0 aliphatic heterocycles. The van der Waals surface area contributed by atoms with Gasteiger partial charge in [0.2, 0.25) is 0 Å². The van der Waals surface area contributed by atoms with Crippen LogP contribution in [-0.4, -0.2) is 39.9 Å². The Morgan fingerprint density at radius 1 is 0.935 bits per heavy atom. The number of sulfonamides is 1. The molecule has 0 aliphatic rings. The molecule has 1 unspecified atom stereocenters. The first-order valence-corrected chi connectivity index (χ1v) is 11.4. The minimum absolute atomic E-state index is 0.0000484. The monoisotopic (exact) mass is 437 g/mol. The average Bonchev–Trinajstić information content (AvgIpc) is 2.74. The molecule has 1 amide bonds. The van der Waals surface area contributed by atoms with E-state index < -0.39 is 10.0 Å². The molecule has 0 aromatic heterocycles. The zero-order valence-corrected chi connectivity index (χ0v) is 18.7. The number of hydrogen-bond donors (Lipinski definition) is 2. The topological polar surface area (TPSA) is 78.5 Å². The summed E-state index contributed by atoms with van der Waals surface area (Å²) >= 11 is 0. The van der Waals surface area contributed by atoms with E-state index in [1.807, 2.05) is 62.3 Å². The molecule has 0 heterocycles. The Kier molecular flexibility index (Phi) is 7.09. The fraction of sp³-hybridized carbons (Fsp3) is 0.208. The molecular weight excluding hydrogens is 410 g/mol. The summed E-state index contributed by atoms with van der Waals surface area (Å²) in [6.07, 6.45) is 0. The van der Waals surface area contributed by atoms with Crippen molar-refractivity contribution in [2.75, 3.05) is 25.4 Å². The molecule has 0 bridgehead atoms. The maximum absolute atomic E-state index is 12.8. The van der Waals surface area contributed by atoms with Crippen molar-refractivity contribution in [3.05, 3.63) is 95.6 Å². The predicted molar refractivity (Wildman–Crippen MR) is 124 cm³/mol. The molecule has 162 valence electrons. The Bertz CT molecular complexity index is 1150. The molecule has 3 aromatic carbocycles. The maximum Gasteiger partial charge on any atom is 0.261 e. The second-order valence-electron chi connectivity index (χ2n) is 7.60. The standard InChI is InChI=1S/C24H27N3O3S/c1-18-9-7-13-21(15-18)26-31(29,30)22-14-8-12-20(16-22)24(28)25-17-23(27(2)3)19-10-5-4-6-11-19/h4-16,23,26H,17H2,1-3H3,(H,25,28). The van der Waals surface area contributed by atoms with Crippen LogP contribution in [0, 0.1) is 6.92 Å². The van der Waals surface area contributed by atoms with E-state index in [0.717, 1.165) is 11.1 Å². The van der Waals surface area contributed by atoms with Crippen molar-refractivity contribution in [3.8, 4) is 0 Å². The number of nitrogens with zero attached hydrogens (tertiary/aromatic N) is 1. The predicted octanol–water partition coefficient (Wildman–Crippen LogP) is 3.83. The van der Waals surface area contributed by atoms with Crippen molar-refractivity contribution in [1.82, 2.24) is 10.2 Å². The van der Waals surface area contributed by atoms with Crippen molar-refractivity contribution in [2.45, 2.75) is 17.9 Å². The third kappa shape index (κ3) is 5.93. The number of carbonyl (C=O) groups excluding carboxylic acids is 1. The van der Waals surface area contributed by atoms with Gasteiger partial charge < -0.3 is 10.2 Å². The molecule has 0 saturated heterocycles. The van der Waals surface area contributed by atoms with E-state index in [1.54, 1.807) is 30.3 Å². The summed E-state index contributed by atoms with van der Waals surface area (Å²) in [6.45, 7) is 2.29. The van der Waals surface area contributed by atoms with E-state index in [1.165, 1.54) is 12.1 Å². The first kappa shape index (κ1) is 22.5. The molecule has 0 aliphatic carbocycles. The van der Waals surface area contributed by atoms with Crippen LogP contribution in [0.2, 0.25) is 0 Å². The zero-order valence-electron chi connectivity index (χ0n) is 17.9. The number of carbonyl (C=O) groups is 1. The molecule has 0 fully saturated rings. The number of benzene rings is 3. The molecule has 6 nitrogen and oxygen atoms in total. The van der Waals surface area contributed by atoms with Crippen molar-refractivity contribution in [2.24, 2.45) is 0 Å². The van der Waals surface area contributed by atoms with Crippen molar-refractivity contribution in [1.29, 1.82) is 0 Å². The molecule has 1 atom stereocenters. The van der Waals surface area contributed by atoms with Gasteiger partial charge in [-0.25, -0.2) is 8.42 Å². The lowest BCUT2D eigenvalue weighted by atomic mass is 10.1. The second-order valence-corrected chi connectivity index (χ2v) is 9.29. The molecule has 0 radical (unpaired) electrons. The van der Waals surface area contributed by atoms with Crippen LogP contribution in [-0.2, 0) is 10.0 Å². The molecule has 31 heavy (non-hydrogen) atoms. The van der Waals surface area contributed by atoms with Crippen LogP contribution in [0.4, 0.5) is 5.69 Å². The quantitative estimate of drug-likeness (QED) is 0.561. The van der Waals surface area contributed by atoms with Crippen LogP contribution in [0.15, 0.2) is 83.8 Å². The highest BCUT2D eigenvalue weighted by atomic mass is 32.2. The highest BCUT2D eigenvalue weighted by Gasteiger charge is 2.19. The number of hydrogen-bond acceptors (Lipinski definition) is 4. The third-order valence-electron chi connectivity index (χ3n) is 4.94. The summed E-state index contributed by atoms with van der Waals surface area (Å²) in [5.74, 6) is -0.324. The summed E-state index contributed by atoms with van der Waals surface area (Å²) in [4.78, 5) is 14.8. The average molecular weight is 438 g/mol. The van der Waals surface area contributed by atoms with E-state index in [-0.39, 0.29) is 22.4 Å². The third-order valence-corrected chi connectivity index (χ3v) is 6.32. The molecule has 7 heteroatoms. The van der Waals surface area contributed by atoms with E-state index in [9.17, 15) is 13.2 Å². The number of anilines is 1. The molecule has 3 aromatic rings. The number of rotatable bonds is 8. The minimum atomic E-state index is -3.81. The summed E-state index contributed by atoms with van der Waals surface area (Å²) in [7, 11) is 0.0927. The van der Waals surface area contributed by atoms with Gasteiger partial charge in [0.1, 0.15) is 0 Å². The van der Waals surface area contributed by atoms with Gasteiger partial charge >= 0.3 is 0 Å². The molecule has 3 rings (SSSR count). The smallest absolute Gasteiger partial charge is 0.261 e. The first-order chi connectivity index (χ1) is 14.8. The van der Waals surface area contributed by atoms with Crippen LogP contribution in [0.1, 0.15) is 27.5 Å². The Hall–Kier alpha value is -3.16. The number of amides is 1. The normalized spacial score (nSPS) is 12.4. The highest BCUT2D eigenvalue weighted by molar-refractivity contribution is 7.92. The number of likely N-dealkylation sites (N-methyl/N-ethyl adjacent to an activating group) is 1. The van der Waals surface area contributed by atoms with Gasteiger partial charge in [0.15, 0.2) is 0 Å². The van der Waals surface area contributed by atoms with Gasteiger partial charge in [-0.05, 0) is 62.5 Å². The van der Waals surface area contributed by atoms with Gasteiger partial charge in [-0.2, -0.15) is 0 Å². The highest BCUT2D eigenvalue weighted by Crippen LogP contribution is 2.19. The largest absolute Gasteiger partial charge is 0.350 e. The van der Waals surface area contributed by atoms with E-state index in [4.69, 9.17) is 0 Å². The maximum atomic E-state index is 12.8. The number of nitrogens with one attached hydrogen (secondary N) is 2. The van der Waals surface area contributed by atoms with E-state index >= 15 is 0 Å². The summed E-state index contributed by atoms with van der Waals surface area (Å²) in [5.41, 5.74) is 2.80. The van der Waals surface area contributed by atoms with Crippen molar-refractivity contribution < 1.29 is 13.2 Å². The van der Waals surface area contributed by atoms with Gasteiger partial charge in [0, 0.05) is 17.8 Å². The van der Waals surface area contributed by atoms with Crippen molar-refractivity contribution >= 4 is 21.6 Å². The van der Waals surface area contributed by atoms with Crippen LogP contribution >= 0.6 is 0 Å². The van der Waals surface area contributed by atoms with Crippen LogP contribution < -0.4 is 10.0 Å². The Balaban J connectivity index is 1.73. The van der Waals surface area contributed by atoms with Crippen molar-refractivity contribution in [3.63, 3.8) is 0 Å². The second kappa shape index (κ2) is 9.76. The Morgan fingerprint density at radius 3 is 2.32 bits per heavy atom. The first-order valence-electron chi connectivity index (χ1n) is 9.95. The van der Waals surface area contributed by atoms with Crippen LogP contribution in [0.25, 0.3) is 0 Å². The fourth-order valence-corrected chi connectivity index (χ4v) is 4.39. The Labute approximate surface area is 184 Å². The molecule has 2 N–H and O–H groups in total. The molecular formula is C24H27N3O3S. The van der Waals surface area contributed by atoms with Crippen LogP contribution in [0.5, 0.6) is 0 Å². The minimum Gasteiger partial charge on any atom is -0.350 e. The zero-order chi connectivity index (χ0) is 22.4. The van der Waals surface area contributed by atoms with Crippen LogP contribution in [0.3, 0.4) is 0 Å². The SMILES string of the molecule is Cc1cccc(NS(=O)(=O)c2cccc(C(=O)NCC(c3ccccc3)N(C)C)c2)c1. The summed E-state index contributed by atoms with van der Waals surface area (Å²) < 4.78 is 28.1. The summed E-state index contributed by atoms with van der Waals surface area (Å²) in [6, 6.07) is 23.0.